The zero-order valence-electron chi connectivity index (χ0n) is 16.7. The largest absolute Gasteiger partial charge is 0.354 e. The molecule has 28 heavy (non-hydrogen) atoms. The fourth-order valence-corrected chi connectivity index (χ4v) is 7.23. The monoisotopic (exact) mass is 425 g/mol. The van der Waals surface area contributed by atoms with Crippen molar-refractivity contribution in [2.45, 2.75) is 44.8 Å². The van der Waals surface area contributed by atoms with Gasteiger partial charge in [0.2, 0.25) is 0 Å². The van der Waals surface area contributed by atoms with Crippen LogP contribution < -0.4 is 4.31 Å². The molecule has 2 aromatic carbocycles. The van der Waals surface area contributed by atoms with Gasteiger partial charge in [-0.1, -0.05) is 42.8 Å². The minimum absolute atomic E-state index is 0.125. The smallest absolute Gasteiger partial charge is 0.307 e. The first kappa shape index (κ1) is 22.6. The van der Waals surface area contributed by atoms with Crippen LogP contribution in [0.4, 0.5) is 5.69 Å². The average molecular weight is 425 g/mol. The Kier molecular flexibility index (Phi) is 7.84. The van der Waals surface area contributed by atoms with E-state index in [-0.39, 0.29) is 24.5 Å². The molecule has 0 fully saturated rings. The molecule has 0 bridgehead atoms. The average Bonchev–Trinajstić information content (AvgIpc) is 2.67. The molecule has 8 heteroatoms. The van der Waals surface area contributed by atoms with Crippen LogP contribution in [0.3, 0.4) is 0 Å². The molecule has 0 saturated carbocycles. The first-order valence-corrected chi connectivity index (χ1v) is 12.4. The maximum Gasteiger partial charge on any atom is 0.354 e. The predicted octanol–water partition coefficient (Wildman–Crippen LogP) is 5.19. The molecule has 0 aliphatic heterocycles. The third-order valence-electron chi connectivity index (χ3n) is 4.21. The topological polar surface area (TPSA) is 72.9 Å². The van der Waals surface area contributed by atoms with Crippen LogP contribution in [0, 0.1) is 6.92 Å². The summed E-state index contributed by atoms with van der Waals surface area (Å²) in [6.45, 7) is 7.38. The van der Waals surface area contributed by atoms with Crippen molar-refractivity contribution in [3.8, 4) is 0 Å². The van der Waals surface area contributed by atoms with E-state index >= 15 is 0 Å². The second kappa shape index (κ2) is 9.70. The van der Waals surface area contributed by atoms with Crippen molar-refractivity contribution in [2.24, 2.45) is 0 Å². The van der Waals surface area contributed by atoms with Gasteiger partial charge in [0.15, 0.2) is 0 Å². The number of anilines is 1. The Labute approximate surface area is 168 Å². The quantitative estimate of drug-likeness (QED) is 0.490. The first-order valence-electron chi connectivity index (χ1n) is 9.35. The number of nitrogens with zero attached hydrogens (tertiary/aromatic N) is 1. The van der Waals surface area contributed by atoms with Crippen LogP contribution in [0.5, 0.6) is 0 Å². The summed E-state index contributed by atoms with van der Waals surface area (Å²) in [5, 5.41) is 0. The van der Waals surface area contributed by atoms with Crippen LogP contribution >= 0.6 is 7.60 Å². The van der Waals surface area contributed by atoms with Crippen LogP contribution in [0.15, 0.2) is 59.5 Å². The van der Waals surface area contributed by atoms with Gasteiger partial charge in [0.25, 0.3) is 10.0 Å². The van der Waals surface area contributed by atoms with E-state index in [9.17, 15) is 13.0 Å². The summed E-state index contributed by atoms with van der Waals surface area (Å²) in [5.74, 6) is -0.985. The number of aryl methyl sites for hydroxylation is 1. The van der Waals surface area contributed by atoms with E-state index < -0.39 is 23.4 Å². The van der Waals surface area contributed by atoms with Gasteiger partial charge < -0.3 is 9.05 Å². The summed E-state index contributed by atoms with van der Waals surface area (Å²) < 4.78 is 52.9. The van der Waals surface area contributed by atoms with E-state index in [1.54, 1.807) is 75.4 Å². The van der Waals surface area contributed by atoms with Crippen LogP contribution in [-0.2, 0) is 23.6 Å². The molecular formula is C20H28NO5PS. The van der Waals surface area contributed by atoms with Crippen molar-refractivity contribution < 1.29 is 22.0 Å². The predicted molar refractivity (Wildman–Crippen MR) is 112 cm³/mol. The lowest BCUT2D eigenvalue weighted by Gasteiger charge is -2.35. The number of hydrogen-bond donors (Lipinski definition) is 0. The Morgan fingerprint density at radius 2 is 1.46 bits per heavy atom. The van der Waals surface area contributed by atoms with E-state index in [0.717, 1.165) is 5.56 Å². The zero-order chi connectivity index (χ0) is 20.8. The van der Waals surface area contributed by atoms with E-state index in [4.69, 9.17) is 9.05 Å². The molecule has 0 aliphatic carbocycles. The molecule has 0 aliphatic rings. The maximum absolute atomic E-state index is 13.6. The third kappa shape index (κ3) is 4.84. The summed E-state index contributed by atoms with van der Waals surface area (Å²) in [4.78, 5) is 0.125. The van der Waals surface area contributed by atoms with E-state index in [1.807, 2.05) is 6.92 Å². The van der Waals surface area contributed by atoms with Crippen molar-refractivity contribution in [2.75, 3.05) is 17.5 Å². The molecule has 1 unspecified atom stereocenters. The van der Waals surface area contributed by atoms with Crippen molar-refractivity contribution >= 4 is 23.3 Å². The highest BCUT2D eigenvalue weighted by atomic mass is 32.2. The molecular weight excluding hydrogens is 397 g/mol. The first-order chi connectivity index (χ1) is 13.3. The lowest BCUT2D eigenvalue weighted by molar-refractivity contribution is 0.212. The minimum Gasteiger partial charge on any atom is -0.307 e. The molecule has 0 heterocycles. The van der Waals surface area contributed by atoms with Gasteiger partial charge in [-0.25, -0.2) is 8.42 Å². The van der Waals surface area contributed by atoms with Gasteiger partial charge in [-0.15, -0.1) is 0 Å². The molecule has 2 rings (SSSR count). The van der Waals surface area contributed by atoms with E-state index in [2.05, 4.69) is 0 Å². The highest BCUT2D eigenvalue weighted by Gasteiger charge is 2.44. The third-order valence-corrected chi connectivity index (χ3v) is 8.78. The normalized spacial score (nSPS) is 13.3. The summed E-state index contributed by atoms with van der Waals surface area (Å²) in [6.07, 6.45) is 0.261. The summed E-state index contributed by atoms with van der Waals surface area (Å²) >= 11 is 0. The summed E-state index contributed by atoms with van der Waals surface area (Å²) in [7, 11) is -7.73. The molecule has 0 N–H and O–H groups in total. The fraction of sp³-hybridized carbons (Fsp3) is 0.400. The van der Waals surface area contributed by atoms with Gasteiger partial charge in [0.1, 0.15) is 5.78 Å². The number of sulfonamides is 1. The summed E-state index contributed by atoms with van der Waals surface area (Å²) in [5.41, 5.74) is 1.36. The standard InChI is InChI=1S/C20H28NO5PS/c1-5-20(27(22,25-6-2)26-7-3)21(18-11-9-8-10-12-18)28(23,24)19-15-13-17(4)14-16-19/h8-16,20H,5-7H2,1-4H3. The van der Waals surface area contributed by atoms with Crippen molar-refractivity contribution in [3.63, 3.8) is 0 Å². The molecule has 0 aromatic heterocycles. The van der Waals surface area contributed by atoms with Gasteiger partial charge in [0.05, 0.1) is 23.8 Å². The van der Waals surface area contributed by atoms with Crippen molar-refractivity contribution in [3.05, 3.63) is 60.2 Å². The Morgan fingerprint density at radius 3 is 1.93 bits per heavy atom. The van der Waals surface area contributed by atoms with Gasteiger partial charge in [0, 0.05) is 0 Å². The molecule has 0 radical (unpaired) electrons. The summed E-state index contributed by atoms with van der Waals surface area (Å²) in [6, 6.07) is 15.2. The molecule has 6 nitrogen and oxygen atoms in total. The lowest BCUT2D eigenvalue weighted by atomic mass is 10.2. The van der Waals surface area contributed by atoms with Crippen molar-refractivity contribution in [1.82, 2.24) is 0 Å². The Balaban J connectivity index is 2.68. The van der Waals surface area contributed by atoms with Crippen LogP contribution in [0.1, 0.15) is 32.8 Å². The Hall–Kier alpha value is -1.66. The molecule has 0 spiro atoms. The van der Waals surface area contributed by atoms with E-state index in [1.165, 1.54) is 4.31 Å². The molecule has 154 valence electrons. The van der Waals surface area contributed by atoms with Crippen LogP contribution in [-0.4, -0.2) is 27.4 Å². The van der Waals surface area contributed by atoms with E-state index in [0.29, 0.717) is 5.69 Å². The fourth-order valence-electron chi connectivity index (χ4n) is 2.96. The van der Waals surface area contributed by atoms with Crippen LogP contribution in [0.25, 0.3) is 0 Å². The molecule has 2 aromatic rings. The van der Waals surface area contributed by atoms with Gasteiger partial charge >= 0.3 is 7.60 Å². The highest BCUT2D eigenvalue weighted by Crippen LogP contribution is 2.57. The highest BCUT2D eigenvalue weighted by molar-refractivity contribution is 7.93. The Morgan fingerprint density at radius 1 is 0.929 bits per heavy atom. The number of hydrogen-bond acceptors (Lipinski definition) is 5. The van der Waals surface area contributed by atoms with Gasteiger partial charge in [-0.05, 0) is 51.5 Å². The number of rotatable bonds is 10. The van der Waals surface area contributed by atoms with Gasteiger partial charge in [-0.3, -0.25) is 8.87 Å². The number of benzene rings is 2. The molecule has 0 saturated heterocycles. The number of para-hydroxylation sites is 1. The Bertz CT molecular complexity index is 890. The second-order valence-electron chi connectivity index (χ2n) is 6.21. The SMILES string of the molecule is CCOP(=O)(OCC)C(CC)N(c1ccccc1)S(=O)(=O)c1ccc(C)cc1. The van der Waals surface area contributed by atoms with Gasteiger partial charge in [-0.2, -0.15) is 0 Å². The minimum atomic E-state index is -4.00. The maximum atomic E-state index is 13.6. The second-order valence-corrected chi connectivity index (χ2v) is 10.2. The molecule has 0 amide bonds. The zero-order valence-corrected chi connectivity index (χ0v) is 18.4. The molecule has 1 atom stereocenters. The van der Waals surface area contributed by atoms with Crippen molar-refractivity contribution in [1.29, 1.82) is 0 Å². The lowest BCUT2D eigenvalue weighted by Crippen LogP contribution is -2.41. The van der Waals surface area contributed by atoms with Crippen LogP contribution in [0.2, 0.25) is 0 Å².